The molecule has 9 heteroatoms. The van der Waals surface area contributed by atoms with Crippen LogP contribution in [0.15, 0.2) is 28.6 Å². The third-order valence-electron chi connectivity index (χ3n) is 2.87. The van der Waals surface area contributed by atoms with Crippen molar-refractivity contribution in [1.82, 2.24) is 15.1 Å². The zero-order valence-corrected chi connectivity index (χ0v) is 16.1. The molecule has 0 aliphatic rings. The Bertz CT molecular complexity index is 729. The number of hydrogen-bond donors (Lipinski definition) is 1. The highest BCUT2D eigenvalue weighted by molar-refractivity contribution is 8.01. The summed E-state index contributed by atoms with van der Waals surface area (Å²) in [6.45, 7) is 3.83. The minimum Gasteiger partial charge on any atom is -0.466 e. The summed E-state index contributed by atoms with van der Waals surface area (Å²) < 4.78 is 6.12. The van der Waals surface area contributed by atoms with Crippen LogP contribution in [0.25, 0.3) is 0 Å². The van der Waals surface area contributed by atoms with Gasteiger partial charge in [0, 0.05) is 25.3 Å². The van der Waals surface area contributed by atoms with E-state index < -0.39 is 0 Å². The molecule has 0 aliphatic heterocycles. The Morgan fingerprint density at radius 2 is 1.92 bits per heavy atom. The lowest BCUT2D eigenvalue weighted by Crippen LogP contribution is -2.21. The molecule has 0 saturated heterocycles. The van der Waals surface area contributed by atoms with Gasteiger partial charge in [0.1, 0.15) is 0 Å². The molecule has 25 heavy (non-hydrogen) atoms. The lowest BCUT2D eigenvalue weighted by atomic mass is 10.2. The van der Waals surface area contributed by atoms with Crippen LogP contribution in [0.4, 0.5) is 5.69 Å². The van der Waals surface area contributed by atoms with Gasteiger partial charge < -0.3 is 15.0 Å². The van der Waals surface area contributed by atoms with Gasteiger partial charge >= 0.3 is 0 Å². The molecule has 0 radical (unpaired) electrons. The first-order valence-electron chi connectivity index (χ1n) is 7.59. The quantitative estimate of drug-likeness (QED) is 0.744. The molecule has 0 fully saturated rings. The Balaban J connectivity index is 1.84. The van der Waals surface area contributed by atoms with Gasteiger partial charge in [-0.05, 0) is 49.4 Å². The first-order chi connectivity index (χ1) is 11.8. The molecule has 134 valence electrons. The van der Waals surface area contributed by atoms with Crippen LogP contribution >= 0.6 is 23.1 Å². The van der Waals surface area contributed by atoms with Crippen LogP contribution in [0, 0.1) is 0 Å². The van der Waals surface area contributed by atoms with Crippen LogP contribution in [-0.2, 0) is 4.79 Å². The number of ether oxygens (including phenoxy) is 1. The Kier molecular flexibility index (Phi) is 6.77. The summed E-state index contributed by atoms with van der Waals surface area (Å²) >= 11 is 2.61. The first-order valence-corrected chi connectivity index (χ1v) is 9.40. The zero-order chi connectivity index (χ0) is 18.4. The number of amides is 2. The fourth-order valence-electron chi connectivity index (χ4n) is 1.78. The summed E-state index contributed by atoms with van der Waals surface area (Å²) in [7, 11) is 3.39. The van der Waals surface area contributed by atoms with E-state index in [1.54, 1.807) is 38.4 Å². The number of nitrogens with one attached hydrogen (secondary N) is 1. The Morgan fingerprint density at radius 1 is 1.24 bits per heavy atom. The fraction of sp³-hybridized carbons (Fsp3) is 0.375. The zero-order valence-electron chi connectivity index (χ0n) is 14.5. The van der Waals surface area contributed by atoms with Gasteiger partial charge in [-0.1, -0.05) is 16.9 Å². The highest BCUT2D eigenvalue weighted by Crippen LogP contribution is 2.27. The summed E-state index contributed by atoms with van der Waals surface area (Å²) in [5, 5.41) is 11.2. The largest absolute Gasteiger partial charge is 0.466 e. The number of carbonyl (C=O) groups excluding carboxylic acids is 2. The van der Waals surface area contributed by atoms with E-state index in [0.717, 1.165) is 0 Å². The van der Waals surface area contributed by atoms with E-state index in [-0.39, 0.29) is 23.7 Å². The van der Waals surface area contributed by atoms with Gasteiger partial charge in [-0.15, -0.1) is 5.10 Å². The second kappa shape index (κ2) is 8.82. The molecular weight excluding hydrogens is 360 g/mol. The van der Waals surface area contributed by atoms with E-state index >= 15 is 0 Å². The van der Waals surface area contributed by atoms with Gasteiger partial charge in [0.25, 0.3) is 11.1 Å². The number of hydrogen-bond acceptors (Lipinski definition) is 7. The molecule has 0 aliphatic carbocycles. The van der Waals surface area contributed by atoms with E-state index in [1.807, 2.05) is 13.8 Å². The minimum atomic E-state index is -0.154. The van der Waals surface area contributed by atoms with Crippen molar-refractivity contribution < 1.29 is 14.3 Å². The van der Waals surface area contributed by atoms with Crippen LogP contribution in [0.5, 0.6) is 5.19 Å². The van der Waals surface area contributed by atoms with Crippen molar-refractivity contribution in [2.45, 2.75) is 24.3 Å². The molecule has 0 bridgehead atoms. The number of carbonyl (C=O) groups is 2. The third kappa shape index (κ3) is 6.02. The van der Waals surface area contributed by atoms with E-state index in [0.29, 0.717) is 20.8 Å². The molecule has 0 spiro atoms. The topological polar surface area (TPSA) is 84.4 Å². The molecule has 1 aromatic carbocycles. The number of aromatic nitrogens is 2. The number of rotatable bonds is 7. The van der Waals surface area contributed by atoms with E-state index in [9.17, 15) is 9.59 Å². The molecule has 7 nitrogen and oxygen atoms in total. The van der Waals surface area contributed by atoms with Gasteiger partial charge in [0.15, 0.2) is 4.34 Å². The molecule has 2 rings (SSSR count). The van der Waals surface area contributed by atoms with Crippen LogP contribution in [0.3, 0.4) is 0 Å². The molecule has 0 saturated carbocycles. The van der Waals surface area contributed by atoms with Crippen LogP contribution in [0.1, 0.15) is 24.2 Å². The normalized spacial score (nSPS) is 10.6. The predicted octanol–water partition coefficient (Wildman–Crippen LogP) is 2.76. The van der Waals surface area contributed by atoms with Crippen molar-refractivity contribution >= 4 is 40.6 Å². The minimum absolute atomic E-state index is 0.0384. The number of nitrogens with zero attached hydrogens (tertiary/aromatic N) is 3. The van der Waals surface area contributed by atoms with Gasteiger partial charge in [0.2, 0.25) is 5.91 Å². The van der Waals surface area contributed by atoms with Crippen LogP contribution < -0.4 is 10.1 Å². The SMILES string of the molecule is CC(C)Oc1nnc(SCC(=O)Nc2ccc(C(=O)N(C)C)cc2)s1. The third-order valence-corrected chi connectivity index (χ3v) is 4.82. The van der Waals surface area contributed by atoms with Crippen molar-refractivity contribution in [3.05, 3.63) is 29.8 Å². The summed E-state index contributed by atoms with van der Waals surface area (Å²) in [4.78, 5) is 25.3. The summed E-state index contributed by atoms with van der Waals surface area (Å²) in [6, 6.07) is 6.79. The smallest absolute Gasteiger partial charge is 0.295 e. The molecule has 1 heterocycles. The molecule has 2 amide bonds. The van der Waals surface area contributed by atoms with E-state index in [2.05, 4.69) is 15.5 Å². The van der Waals surface area contributed by atoms with Crippen LogP contribution in [-0.4, -0.2) is 52.9 Å². The molecule has 2 aromatic rings. The van der Waals surface area contributed by atoms with Gasteiger partial charge in [0.05, 0.1) is 11.9 Å². The summed E-state index contributed by atoms with van der Waals surface area (Å²) in [5.41, 5.74) is 1.21. The van der Waals surface area contributed by atoms with Gasteiger partial charge in [-0.3, -0.25) is 9.59 Å². The van der Waals surface area contributed by atoms with Crippen LogP contribution in [0.2, 0.25) is 0 Å². The summed E-state index contributed by atoms with van der Waals surface area (Å²) in [5.74, 6) is -0.0170. The monoisotopic (exact) mass is 380 g/mol. The Hall–Kier alpha value is -2.13. The standard InChI is InChI=1S/C16H20N4O3S2/c1-10(2)23-15-18-19-16(25-15)24-9-13(21)17-12-7-5-11(6-8-12)14(22)20(3)4/h5-8,10H,9H2,1-4H3,(H,17,21). The van der Waals surface area contributed by atoms with Crippen molar-refractivity contribution in [3.63, 3.8) is 0 Å². The second-order valence-corrected chi connectivity index (χ2v) is 7.78. The van der Waals surface area contributed by atoms with E-state index in [4.69, 9.17) is 4.74 Å². The highest BCUT2D eigenvalue weighted by atomic mass is 32.2. The molecule has 1 N–H and O–H groups in total. The molecular formula is C16H20N4O3S2. The van der Waals surface area contributed by atoms with E-state index in [1.165, 1.54) is 28.0 Å². The van der Waals surface area contributed by atoms with Gasteiger partial charge in [-0.25, -0.2) is 0 Å². The lowest BCUT2D eigenvalue weighted by molar-refractivity contribution is -0.113. The predicted molar refractivity (Wildman–Crippen MR) is 99.5 cm³/mol. The first kappa shape index (κ1) is 19.2. The number of anilines is 1. The maximum Gasteiger partial charge on any atom is 0.295 e. The molecule has 0 atom stereocenters. The lowest BCUT2D eigenvalue weighted by Gasteiger charge is -2.10. The average Bonchev–Trinajstić information content (AvgIpc) is 2.99. The highest BCUT2D eigenvalue weighted by Gasteiger charge is 2.11. The maximum atomic E-state index is 12.0. The molecule has 1 aromatic heterocycles. The number of thioether (sulfide) groups is 1. The van der Waals surface area contributed by atoms with Crippen molar-refractivity contribution in [3.8, 4) is 5.19 Å². The van der Waals surface area contributed by atoms with Crippen molar-refractivity contribution in [1.29, 1.82) is 0 Å². The fourth-order valence-corrected chi connectivity index (χ4v) is 3.39. The Morgan fingerprint density at radius 3 is 2.52 bits per heavy atom. The Labute approximate surface area is 154 Å². The maximum absolute atomic E-state index is 12.0. The molecule has 0 unspecified atom stereocenters. The van der Waals surface area contributed by atoms with Crippen molar-refractivity contribution in [2.75, 3.05) is 25.2 Å². The number of benzene rings is 1. The van der Waals surface area contributed by atoms with Gasteiger partial charge in [-0.2, -0.15) is 0 Å². The summed E-state index contributed by atoms with van der Waals surface area (Å²) in [6.07, 6.45) is 0.0384. The van der Waals surface area contributed by atoms with Crippen molar-refractivity contribution in [2.24, 2.45) is 0 Å². The second-order valence-electron chi connectivity index (χ2n) is 5.61. The average molecular weight is 380 g/mol.